The first kappa shape index (κ1) is 12.5. The minimum absolute atomic E-state index is 0.180. The Bertz CT molecular complexity index is 587. The van der Waals surface area contributed by atoms with Crippen molar-refractivity contribution >= 4 is 16.9 Å². The van der Waals surface area contributed by atoms with Crippen molar-refractivity contribution in [2.45, 2.75) is 26.3 Å². The van der Waals surface area contributed by atoms with Gasteiger partial charge in [-0.05, 0) is 26.8 Å². The summed E-state index contributed by atoms with van der Waals surface area (Å²) in [5.41, 5.74) is 7.17. The zero-order chi connectivity index (χ0) is 13.3. The lowest BCUT2D eigenvalue weighted by Crippen LogP contribution is -2.48. The fourth-order valence-electron chi connectivity index (χ4n) is 1.57. The van der Waals surface area contributed by atoms with Gasteiger partial charge >= 0.3 is 0 Å². The van der Waals surface area contributed by atoms with Crippen molar-refractivity contribution in [2.24, 2.45) is 5.73 Å². The molecule has 6 heteroatoms. The summed E-state index contributed by atoms with van der Waals surface area (Å²) in [6, 6.07) is 1.78. The van der Waals surface area contributed by atoms with Crippen LogP contribution >= 0.6 is 0 Å². The Morgan fingerprint density at radius 2 is 2.28 bits per heavy atom. The van der Waals surface area contributed by atoms with Crippen molar-refractivity contribution in [1.82, 2.24) is 20.5 Å². The molecule has 2 heterocycles. The number of amides is 1. The maximum Gasteiger partial charge on any atom is 0.253 e. The molecule has 0 aliphatic heterocycles. The molecule has 6 nitrogen and oxygen atoms in total. The molecule has 0 saturated carbocycles. The van der Waals surface area contributed by atoms with Crippen molar-refractivity contribution in [2.75, 3.05) is 6.54 Å². The fraction of sp³-hybridized carbons (Fsp3) is 0.417. The summed E-state index contributed by atoms with van der Waals surface area (Å²) in [4.78, 5) is 16.2. The van der Waals surface area contributed by atoms with Gasteiger partial charge in [0.1, 0.15) is 0 Å². The van der Waals surface area contributed by atoms with E-state index in [1.54, 1.807) is 6.07 Å². The molecule has 0 spiro atoms. The van der Waals surface area contributed by atoms with Gasteiger partial charge in [0.25, 0.3) is 5.91 Å². The maximum absolute atomic E-state index is 12.1. The van der Waals surface area contributed by atoms with Gasteiger partial charge in [0, 0.05) is 29.4 Å². The highest BCUT2D eigenvalue weighted by molar-refractivity contribution is 5.97. The first-order valence-electron chi connectivity index (χ1n) is 5.76. The first-order valence-corrected chi connectivity index (χ1v) is 5.76. The molecule has 0 atom stereocenters. The number of carbonyl (C=O) groups excluding carboxylic acids is 1. The van der Waals surface area contributed by atoms with Crippen LogP contribution in [-0.4, -0.2) is 33.2 Å². The molecule has 0 aliphatic rings. The van der Waals surface area contributed by atoms with Crippen LogP contribution in [0.2, 0.25) is 0 Å². The number of fused-ring (bicyclic) bond motifs is 1. The van der Waals surface area contributed by atoms with Crippen molar-refractivity contribution in [1.29, 1.82) is 0 Å². The van der Waals surface area contributed by atoms with Gasteiger partial charge < -0.3 is 11.1 Å². The molecule has 1 amide bonds. The number of rotatable bonds is 3. The average molecular weight is 247 g/mol. The van der Waals surface area contributed by atoms with Gasteiger partial charge in [-0.25, -0.2) is 4.98 Å². The number of nitrogens with zero attached hydrogens (tertiary/aromatic N) is 2. The van der Waals surface area contributed by atoms with Gasteiger partial charge in [-0.1, -0.05) is 0 Å². The first-order chi connectivity index (χ1) is 8.43. The van der Waals surface area contributed by atoms with Crippen LogP contribution in [0.25, 0.3) is 11.0 Å². The molecule has 0 aromatic carbocycles. The quantitative estimate of drug-likeness (QED) is 0.745. The number of H-pyrrole nitrogens is 1. The monoisotopic (exact) mass is 247 g/mol. The molecule has 0 unspecified atom stereocenters. The standard InChI is InChI=1S/C12H17N5O/c1-7-9-4-8(5-14-10(9)17-16-7)11(18)15-12(2,3)6-13/h4-5H,6,13H2,1-3H3,(H,15,18)(H,14,16,17). The molecule has 2 aromatic heterocycles. The number of pyridine rings is 1. The second-order valence-electron chi connectivity index (χ2n) is 4.99. The lowest BCUT2D eigenvalue weighted by atomic mass is 10.1. The molecule has 96 valence electrons. The van der Waals surface area contributed by atoms with E-state index in [0.717, 1.165) is 11.1 Å². The molecule has 0 fully saturated rings. The van der Waals surface area contributed by atoms with E-state index in [4.69, 9.17) is 5.73 Å². The third kappa shape index (κ3) is 2.33. The van der Waals surface area contributed by atoms with Crippen LogP contribution in [0.15, 0.2) is 12.3 Å². The molecule has 2 aromatic rings. The van der Waals surface area contributed by atoms with Crippen molar-refractivity contribution in [3.8, 4) is 0 Å². The van der Waals surface area contributed by atoms with E-state index in [1.807, 2.05) is 20.8 Å². The summed E-state index contributed by atoms with van der Waals surface area (Å²) >= 11 is 0. The van der Waals surface area contributed by atoms with Gasteiger partial charge in [-0.15, -0.1) is 0 Å². The average Bonchev–Trinajstić information content (AvgIpc) is 2.70. The Morgan fingerprint density at radius 1 is 1.56 bits per heavy atom. The number of aromatic nitrogens is 3. The Kier molecular flexibility index (Phi) is 3.04. The van der Waals surface area contributed by atoms with Gasteiger partial charge in [0.05, 0.1) is 5.56 Å². The van der Waals surface area contributed by atoms with E-state index in [2.05, 4.69) is 20.5 Å². The minimum atomic E-state index is -0.433. The fourth-order valence-corrected chi connectivity index (χ4v) is 1.57. The zero-order valence-electron chi connectivity index (χ0n) is 10.7. The van der Waals surface area contributed by atoms with E-state index in [-0.39, 0.29) is 5.91 Å². The molecular weight excluding hydrogens is 230 g/mol. The van der Waals surface area contributed by atoms with Gasteiger partial charge in [-0.3, -0.25) is 9.89 Å². The smallest absolute Gasteiger partial charge is 0.253 e. The number of hydrogen-bond donors (Lipinski definition) is 3. The predicted octanol–water partition coefficient (Wildman–Crippen LogP) is 0.733. The van der Waals surface area contributed by atoms with Crippen LogP contribution in [0.5, 0.6) is 0 Å². The summed E-state index contributed by atoms with van der Waals surface area (Å²) in [6.45, 7) is 6.02. The Labute approximate surface area is 105 Å². The maximum atomic E-state index is 12.1. The number of nitrogens with one attached hydrogen (secondary N) is 2. The molecule has 18 heavy (non-hydrogen) atoms. The van der Waals surface area contributed by atoms with Crippen LogP contribution in [0.4, 0.5) is 0 Å². The molecule has 0 radical (unpaired) electrons. The largest absolute Gasteiger partial charge is 0.346 e. The summed E-state index contributed by atoms with van der Waals surface area (Å²) < 4.78 is 0. The Balaban J connectivity index is 2.31. The summed E-state index contributed by atoms with van der Waals surface area (Å²) in [7, 11) is 0. The van der Waals surface area contributed by atoms with Crippen LogP contribution < -0.4 is 11.1 Å². The number of aromatic amines is 1. The lowest BCUT2D eigenvalue weighted by molar-refractivity contribution is 0.0915. The highest BCUT2D eigenvalue weighted by Crippen LogP contribution is 2.14. The van der Waals surface area contributed by atoms with Crippen molar-refractivity contribution < 1.29 is 4.79 Å². The highest BCUT2D eigenvalue weighted by Gasteiger charge is 2.20. The molecule has 0 aliphatic carbocycles. The summed E-state index contributed by atoms with van der Waals surface area (Å²) in [6.07, 6.45) is 1.52. The third-order valence-corrected chi connectivity index (χ3v) is 2.82. The molecule has 4 N–H and O–H groups in total. The highest BCUT2D eigenvalue weighted by atomic mass is 16.1. The predicted molar refractivity (Wildman–Crippen MR) is 69.2 cm³/mol. The second-order valence-corrected chi connectivity index (χ2v) is 4.99. The van der Waals surface area contributed by atoms with Gasteiger partial charge in [-0.2, -0.15) is 5.10 Å². The van der Waals surface area contributed by atoms with Gasteiger partial charge in [0.2, 0.25) is 0 Å². The van der Waals surface area contributed by atoms with E-state index in [9.17, 15) is 4.79 Å². The Morgan fingerprint density at radius 3 is 2.94 bits per heavy atom. The number of hydrogen-bond acceptors (Lipinski definition) is 4. The third-order valence-electron chi connectivity index (χ3n) is 2.82. The van der Waals surface area contributed by atoms with Crippen LogP contribution in [0.3, 0.4) is 0 Å². The normalized spacial score (nSPS) is 11.8. The number of carbonyl (C=O) groups is 1. The van der Waals surface area contributed by atoms with E-state index < -0.39 is 5.54 Å². The molecule has 2 rings (SSSR count). The molecular formula is C12H17N5O. The number of aryl methyl sites for hydroxylation is 1. The van der Waals surface area contributed by atoms with Crippen molar-refractivity contribution in [3.05, 3.63) is 23.5 Å². The Hall–Kier alpha value is -1.95. The van der Waals surface area contributed by atoms with E-state index >= 15 is 0 Å². The zero-order valence-corrected chi connectivity index (χ0v) is 10.7. The second kappa shape index (κ2) is 4.38. The molecule has 0 bridgehead atoms. The van der Waals surface area contributed by atoms with Gasteiger partial charge in [0.15, 0.2) is 5.65 Å². The van der Waals surface area contributed by atoms with Crippen LogP contribution in [-0.2, 0) is 0 Å². The van der Waals surface area contributed by atoms with E-state index in [1.165, 1.54) is 6.20 Å². The lowest BCUT2D eigenvalue weighted by Gasteiger charge is -2.24. The summed E-state index contributed by atoms with van der Waals surface area (Å²) in [5.74, 6) is -0.180. The minimum Gasteiger partial charge on any atom is -0.346 e. The van der Waals surface area contributed by atoms with Crippen LogP contribution in [0.1, 0.15) is 29.9 Å². The topological polar surface area (TPSA) is 96.7 Å². The van der Waals surface area contributed by atoms with Crippen LogP contribution in [0, 0.1) is 6.92 Å². The SMILES string of the molecule is Cc1[nH]nc2ncc(C(=O)NC(C)(C)CN)cc12. The molecule has 0 saturated heterocycles. The number of nitrogens with two attached hydrogens (primary N) is 1. The summed E-state index contributed by atoms with van der Waals surface area (Å²) in [5, 5.41) is 10.6. The van der Waals surface area contributed by atoms with Crippen molar-refractivity contribution in [3.63, 3.8) is 0 Å². The van der Waals surface area contributed by atoms with E-state index in [0.29, 0.717) is 17.8 Å².